The molecule has 14 rings (SSSR count). The van der Waals surface area contributed by atoms with Gasteiger partial charge >= 0.3 is 0 Å². The Bertz CT molecular complexity index is 4340. The molecule has 2 nitrogen and oxygen atoms in total. The number of anilines is 6. The quantitative estimate of drug-likeness (QED) is 0.121. The van der Waals surface area contributed by atoms with Gasteiger partial charge in [-0.3, -0.25) is 0 Å². The highest BCUT2D eigenvalue weighted by atomic mass is 32.1. The Balaban J connectivity index is 1.06. The highest BCUT2D eigenvalue weighted by Gasteiger charge is 2.46. The topological polar surface area (TPSA) is 6.48 Å². The predicted octanol–water partition coefficient (Wildman–Crippen LogP) is 19.5. The van der Waals surface area contributed by atoms with E-state index in [1.807, 2.05) is 11.3 Å². The van der Waals surface area contributed by atoms with E-state index in [4.69, 9.17) is 0 Å². The monoisotopic (exact) mass is 1020 g/mol. The van der Waals surface area contributed by atoms with Crippen molar-refractivity contribution in [2.45, 2.75) is 79.1 Å². The van der Waals surface area contributed by atoms with Gasteiger partial charge in [0.2, 0.25) is 0 Å². The molecule has 3 heterocycles. The van der Waals surface area contributed by atoms with Gasteiger partial charge < -0.3 is 9.80 Å². The van der Waals surface area contributed by atoms with Gasteiger partial charge in [-0.15, -0.1) is 11.3 Å². The molecule has 0 unspecified atom stereocenters. The van der Waals surface area contributed by atoms with Crippen molar-refractivity contribution in [1.29, 1.82) is 0 Å². The lowest BCUT2D eigenvalue weighted by molar-refractivity contribution is 0.590. The van der Waals surface area contributed by atoms with Crippen LogP contribution in [0.2, 0.25) is 0 Å². The highest BCUT2D eigenvalue weighted by molar-refractivity contribution is 7.33. The molecule has 0 spiro atoms. The van der Waals surface area contributed by atoms with Crippen molar-refractivity contribution in [3.63, 3.8) is 0 Å². The van der Waals surface area contributed by atoms with Gasteiger partial charge in [-0.2, -0.15) is 0 Å². The highest BCUT2D eigenvalue weighted by Crippen LogP contribution is 2.51. The molecule has 4 heteroatoms. The number of hydrogen-bond donors (Lipinski definition) is 0. The van der Waals surface area contributed by atoms with E-state index in [0.29, 0.717) is 5.92 Å². The molecule has 78 heavy (non-hydrogen) atoms. The van der Waals surface area contributed by atoms with Crippen molar-refractivity contribution < 1.29 is 0 Å². The number of fused-ring (bicyclic) bond motifs is 12. The van der Waals surface area contributed by atoms with E-state index in [9.17, 15) is 0 Å². The number of aryl methyl sites for hydroxylation is 1. The zero-order chi connectivity index (χ0) is 53.4. The molecule has 0 radical (unpaired) electrons. The average Bonchev–Trinajstić information content (AvgIpc) is 3.78. The fourth-order valence-corrected chi connectivity index (χ4v) is 14.1. The van der Waals surface area contributed by atoms with E-state index >= 15 is 0 Å². The molecule has 0 saturated carbocycles. The van der Waals surface area contributed by atoms with Crippen LogP contribution < -0.4 is 25.5 Å². The Labute approximate surface area is 464 Å². The summed E-state index contributed by atoms with van der Waals surface area (Å²) >= 11 is 1.98. The van der Waals surface area contributed by atoms with Crippen LogP contribution >= 0.6 is 11.3 Å². The van der Waals surface area contributed by atoms with Gasteiger partial charge in [0.15, 0.2) is 0 Å². The van der Waals surface area contributed by atoms with Gasteiger partial charge in [-0.1, -0.05) is 207 Å². The minimum Gasteiger partial charge on any atom is -0.311 e. The van der Waals surface area contributed by atoms with Crippen molar-refractivity contribution in [1.82, 2.24) is 0 Å². The summed E-state index contributed by atoms with van der Waals surface area (Å²) in [5.41, 5.74) is 22.4. The minimum atomic E-state index is -0.0819. The number of thiophene rings is 1. The maximum atomic E-state index is 2.64. The Hall–Kier alpha value is -8.18. The first-order chi connectivity index (χ1) is 37.7. The molecule has 378 valence electrons. The summed E-state index contributed by atoms with van der Waals surface area (Å²) in [5.74, 6) is 0.428. The fourth-order valence-electron chi connectivity index (χ4n) is 12.8. The maximum Gasteiger partial charge on any atom is 0.264 e. The largest absolute Gasteiger partial charge is 0.311 e. The third kappa shape index (κ3) is 7.74. The summed E-state index contributed by atoms with van der Waals surface area (Å²) in [6.45, 7) is 20.9. The molecule has 0 fully saturated rings. The average molecular weight is 1020 g/mol. The molecule has 2 aliphatic heterocycles. The second-order valence-electron chi connectivity index (χ2n) is 24.4. The van der Waals surface area contributed by atoms with Gasteiger partial charge in [0.1, 0.15) is 0 Å². The number of rotatable bonds is 6. The van der Waals surface area contributed by atoms with Crippen LogP contribution in [-0.2, 0) is 10.8 Å². The van der Waals surface area contributed by atoms with Crippen LogP contribution in [0, 0.1) is 6.92 Å². The van der Waals surface area contributed by atoms with Crippen molar-refractivity contribution in [3.8, 4) is 33.4 Å². The van der Waals surface area contributed by atoms with Crippen molar-refractivity contribution in [3.05, 3.63) is 235 Å². The van der Waals surface area contributed by atoms with E-state index in [1.165, 1.54) is 148 Å². The van der Waals surface area contributed by atoms with Crippen LogP contribution in [0.1, 0.15) is 83.6 Å². The Morgan fingerprint density at radius 1 is 0.410 bits per heavy atom. The van der Waals surface area contributed by atoms with Crippen LogP contribution in [0.5, 0.6) is 0 Å². The number of hydrogen-bond acceptors (Lipinski definition) is 3. The second-order valence-corrected chi connectivity index (χ2v) is 25.5. The van der Waals surface area contributed by atoms with Crippen LogP contribution in [-0.4, -0.2) is 6.71 Å². The van der Waals surface area contributed by atoms with Crippen LogP contribution in [0.15, 0.2) is 212 Å². The Morgan fingerprint density at radius 3 is 1.58 bits per heavy atom. The van der Waals surface area contributed by atoms with Crippen molar-refractivity contribution >= 4 is 110 Å². The normalized spacial score (nSPS) is 13.2. The molecule has 11 aromatic carbocycles. The molecular formula is C74H63BN2S. The van der Waals surface area contributed by atoms with Gasteiger partial charge in [0, 0.05) is 43.2 Å². The van der Waals surface area contributed by atoms with E-state index in [-0.39, 0.29) is 17.5 Å². The van der Waals surface area contributed by atoms with E-state index in [0.717, 1.165) is 0 Å². The first kappa shape index (κ1) is 48.2. The predicted molar refractivity (Wildman–Crippen MR) is 341 cm³/mol. The van der Waals surface area contributed by atoms with Crippen LogP contribution in [0.3, 0.4) is 0 Å². The lowest BCUT2D eigenvalue weighted by atomic mass is 9.36. The Morgan fingerprint density at radius 2 is 0.936 bits per heavy atom. The lowest BCUT2D eigenvalue weighted by Crippen LogP contribution is -2.60. The van der Waals surface area contributed by atoms with Gasteiger partial charge in [-0.25, -0.2) is 0 Å². The Kier molecular flexibility index (Phi) is 11.1. The summed E-state index contributed by atoms with van der Waals surface area (Å²) < 4.78 is 2.70. The first-order valence-electron chi connectivity index (χ1n) is 27.9. The van der Waals surface area contributed by atoms with E-state index < -0.39 is 0 Å². The van der Waals surface area contributed by atoms with Crippen LogP contribution in [0.4, 0.5) is 34.1 Å². The van der Waals surface area contributed by atoms with E-state index in [1.54, 1.807) is 0 Å². The van der Waals surface area contributed by atoms with Gasteiger partial charge in [0.05, 0.1) is 11.4 Å². The zero-order valence-electron chi connectivity index (χ0n) is 46.2. The molecule has 0 N–H and O–H groups in total. The molecule has 12 aromatic rings. The standard InChI is InChI=1S/C74H63BN2S/c1-45(2)47-27-33-55(34-28-47)76-67-39-46(3)40-68-70(67)75(72-71(76)63-44-54(74(7,8)9)32-38-69(63)78-72)64-42-51(50-25-23-49(24-26-50)48-17-11-10-12-18-48)30-36-66(64)77(68)65-37-31-53(73(4,5)6)43-61(65)52-29-35-60-58-21-14-13-19-56(58)57-20-15-16-22-59(57)62(60)41-52/h10-45H,1-9H3. The third-order valence-corrected chi connectivity index (χ3v) is 18.2. The molecule has 0 aliphatic carbocycles. The van der Waals surface area contributed by atoms with Gasteiger partial charge in [-0.05, 0) is 178 Å². The van der Waals surface area contributed by atoms with Crippen LogP contribution in [0.25, 0.3) is 75.8 Å². The van der Waals surface area contributed by atoms with Crippen molar-refractivity contribution in [2.24, 2.45) is 0 Å². The molecule has 0 amide bonds. The summed E-state index contributed by atoms with van der Waals surface area (Å²) in [7, 11) is 0. The lowest BCUT2D eigenvalue weighted by Gasteiger charge is -2.44. The molecule has 0 bridgehead atoms. The smallest absolute Gasteiger partial charge is 0.264 e. The van der Waals surface area contributed by atoms with Crippen molar-refractivity contribution in [2.75, 3.05) is 9.80 Å². The second kappa shape index (κ2) is 17.9. The summed E-state index contributed by atoms with van der Waals surface area (Å²) in [6, 6.07) is 81.3. The molecular weight excluding hydrogens is 960 g/mol. The van der Waals surface area contributed by atoms with Gasteiger partial charge in [0.25, 0.3) is 6.71 Å². The molecule has 1 aromatic heterocycles. The first-order valence-corrected chi connectivity index (χ1v) is 28.7. The number of benzene rings is 11. The molecule has 2 aliphatic rings. The summed E-state index contributed by atoms with van der Waals surface area (Å²) in [5, 5.41) is 9.01. The molecule has 0 atom stereocenters. The number of nitrogens with zero attached hydrogens (tertiary/aromatic N) is 2. The third-order valence-electron chi connectivity index (χ3n) is 17.0. The SMILES string of the molecule is Cc1cc2c3c(c1)N(c1ccc(C(C)C)cc1)c1c(sc4ccc(C(C)(C)C)cc14)B3c1cc(-c3ccc(-c4ccccc4)cc3)ccc1N2c1ccc(C(C)(C)C)cc1-c1ccc2c3ccccc3c3ccccc3c2c1. The summed E-state index contributed by atoms with van der Waals surface area (Å²) in [6.07, 6.45) is 0. The van der Waals surface area contributed by atoms with E-state index in [2.05, 4.69) is 284 Å². The zero-order valence-corrected chi connectivity index (χ0v) is 47.0. The molecule has 0 saturated heterocycles. The fraction of sp³-hybridized carbons (Fsp3) is 0.162. The minimum absolute atomic E-state index is 0.0157. The maximum absolute atomic E-state index is 2.64. The summed E-state index contributed by atoms with van der Waals surface area (Å²) in [4.78, 5) is 5.27.